The fraction of sp³-hybridized carbons (Fsp3) is 0.875. The van der Waals surface area contributed by atoms with Gasteiger partial charge in [0.25, 0.3) is 5.92 Å². The van der Waals surface area contributed by atoms with Crippen LogP contribution >= 0.6 is 0 Å². The van der Waals surface area contributed by atoms with Crippen LogP contribution in [0.2, 0.25) is 0 Å². The molecule has 0 aromatic carbocycles. The summed E-state index contributed by atoms with van der Waals surface area (Å²) in [6.07, 6.45) is 0. The summed E-state index contributed by atoms with van der Waals surface area (Å²) in [6.45, 7) is 0.307. The van der Waals surface area contributed by atoms with Gasteiger partial charge in [-0.05, 0) is 0 Å². The van der Waals surface area contributed by atoms with E-state index >= 15 is 0 Å². The highest BCUT2D eigenvalue weighted by Gasteiger charge is 2.27. The van der Waals surface area contributed by atoms with E-state index < -0.39 is 30.8 Å². The molecule has 0 rings (SSSR count). The molecule has 0 aromatic rings. The van der Waals surface area contributed by atoms with Crippen LogP contribution in [0.15, 0.2) is 0 Å². The molecule has 14 heavy (non-hydrogen) atoms. The number of nitrogens with one attached hydrogen (secondary N) is 1. The van der Waals surface area contributed by atoms with Crippen LogP contribution in [0.3, 0.4) is 0 Å². The molecule has 0 aliphatic rings. The lowest BCUT2D eigenvalue weighted by atomic mass is 10.2. The van der Waals surface area contributed by atoms with Gasteiger partial charge in [-0.15, -0.1) is 0 Å². The van der Waals surface area contributed by atoms with Gasteiger partial charge in [0, 0.05) is 7.11 Å². The third-order valence-corrected chi connectivity index (χ3v) is 1.68. The van der Waals surface area contributed by atoms with Crippen molar-refractivity contribution in [3.63, 3.8) is 0 Å². The summed E-state index contributed by atoms with van der Waals surface area (Å²) in [4.78, 5) is 11.1. The molecule has 0 saturated heterocycles. The van der Waals surface area contributed by atoms with Gasteiger partial charge in [0.05, 0.1) is 25.6 Å². The number of hydrogen-bond donors (Lipinski definition) is 2. The van der Waals surface area contributed by atoms with E-state index in [2.05, 4.69) is 5.32 Å². The number of halogens is 2. The third kappa shape index (κ3) is 5.08. The lowest BCUT2D eigenvalue weighted by Gasteiger charge is -2.16. The molecule has 0 aliphatic heterocycles. The van der Waals surface area contributed by atoms with Crippen molar-refractivity contribution >= 4 is 5.91 Å². The Hall–Kier alpha value is -0.750. The Morgan fingerprint density at radius 2 is 2.21 bits per heavy atom. The Balaban J connectivity index is 3.84. The molecule has 0 fully saturated rings. The first-order valence-electron chi connectivity index (χ1n) is 4.27. The average molecular weight is 210 g/mol. The van der Waals surface area contributed by atoms with Gasteiger partial charge in [-0.25, -0.2) is 8.78 Å². The van der Waals surface area contributed by atoms with Gasteiger partial charge in [0.15, 0.2) is 0 Å². The summed E-state index contributed by atoms with van der Waals surface area (Å²) in [6, 6.07) is 0. The van der Waals surface area contributed by atoms with E-state index in [1.54, 1.807) is 6.92 Å². The van der Waals surface area contributed by atoms with Crippen molar-refractivity contribution in [2.75, 3.05) is 26.8 Å². The zero-order chi connectivity index (χ0) is 11.2. The van der Waals surface area contributed by atoms with Crippen molar-refractivity contribution < 1.29 is 18.3 Å². The molecule has 1 amide bonds. The van der Waals surface area contributed by atoms with Crippen LogP contribution in [0.4, 0.5) is 8.78 Å². The maximum atomic E-state index is 12.6. The average Bonchev–Trinajstić information content (AvgIpc) is 2.15. The first-order valence-corrected chi connectivity index (χ1v) is 4.27. The van der Waals surface area contributed by atoms with Gasteiger partial charge in [-0.1, -0.05) is 6.92 Å². The molecule has 3 N–H and O–H groups in total. The SMILES string of the molecule is COCC(C)C(=O)NCC(F)(F)CN. The standard InChI is InChI=1S/C8H16F2N2O2/c1-6(3-14-2)7(13)12-5-8(9,10)4-11/h6H,3-5,11H2,1-2H3,(H,12,13). The minimum atomic E-state index is -3.04. The number of methoxy groups -OCH3 is 1. The van der Waals surface area contributed by atoms with Crippen LogP contribution in [-0.4, -0.2) is 38.6 Å². The Kier molecular flexibility index (Phi) is 5.56. The first-order chi connectivity index (χ1) is 6.43. The van der Waals surface area contributed by atoms with Crippen molar-refractivity contribution in [2.45, 2.75) is 12.8 Å². The lowest BCUT2D eigenvalue weighted by molar-refractivity contribution is -0.127. The van der Waals surface area contributed by atoms with Crippen LogP contribution in [0.25, 0.3) is 0 Å². The zero-order valence-electron chi connectivity index (χ0n) is 8.35. The molecular weight excluding hydrogens is 194 g/mol. The summed E-state index contributed by atoms with van der Waals surface area (Å²) in [5.41, 5.74) is 4.80. The second-order valence-electron chi connectivity index (χ2n) is 3.13. The van der Waals surface area contributed by atoms with Gasteiger partial charge in [0.2, 0.25) is 5.91 Å². The smallest absolute Gasteiger partial charge is 0.277 e. The van der Waals surface area contributed by atoms with Gasteiger partial charge in [-0.2, -0.15) is 0 Å². The minimum Gasteiger partial charge on any atom is -0.384 e. The number of hydrogen-bond acceptors (Lipinski definition) is 3. The van der Waals surface area contributed by atoms with E-state index in [0.717, 1.165) is 0 Å². The summed E-state index contributed by atoms with van der Waals surface area (Å²) < 4.78 is 29.9. The third-order valence-electron chi connectivity index (χ3n) is 1.68. The van der Waals surface area contributed by atoms with E-state index in [1.807, 2.05) is 0 Å². The fourth-order valence-electron chi connectivity index (χ4n) is 0.789. The molecule has 6 heteroatoms. The predicted octanol–water partition coefficient (Wildman–Crippen LogP) is -0.0209. The topological polar surface area (TPSA) is 64.3 Å². The van der Waals surface area contributed by atoms with Gasteiger partial charge in [0.1, 0.15) is 0 Å². The summed E-state index contributed by atoms with van der Waals surface area (Å²) in [5.74, 6) is -3.93. The molecule has 1 unspecified atom stereocenters. The van der Waals surface area contributed by atoms with E-state index in [0.29, 0.717) is 0 Å². The molecule has 0 bridgehead atoms. The number of ether oxygens (including phenoxy) is 1. The number of alkyl halides is 2. The molecule has 0 heterocycles. The van der Waals surface area contributed by atoms with Crippen LogP contribution in [0.1, 0.15) is 6.92 Å². The van der Waals surface area contributed by atoms with Crippen LogP contribution in [-0.2, 0) is 9.53 Å². The van der Waals surface area contributed by atoms with Crippen molar-refractivity contribution in [1.82, 2.24) is 5.32 Å². The lowest BCUT2D eigenvalue weighted by Crippen LogP contribution is -2.43. The van der Waals surface area contributed by atoms with E-state index in [1.165, 1.54) is 7.11 Å². The minimum absolute atomic E-state index is 0.208. The van der Waals surface area contributed by atoms with Crippen molar-refractivity contribution in [3.05, 3.63) is 0 Å². The summed E-state index contributed by atoms with van der Waals surface area (Å²) >= 11 is 0. The Morgan fingerprint density at radius 3 is 2.64 bits per heavy atom. The predicted molar refractivity (Wildman–Crippen MR) is 48.1 cm³/mol. The van der Waals surface area contributed by atoms with Crippen LogP contribution < -0.4 is 11.1 Å². The van der Waals surface area contributed by atoms with Gasteiger partial charge < -0.3 is 15.8 Å². The molecule has 84 valence electrons. The molecule has 4 nitrogen and oxygen atoms in total. The van der Waals surface area contributed by atoms with Gasteiger partial charge >= 0.3 is 0 Å². The van der Waals surface area contributed by atoms with Crippen LogP contribution in [0.5, 0.6) is 0 Å². The van der Waals surface area contributed by atoms with Gasteiger partial charge in [-0.3, -0.25) is 4.79 Å². The number of rotatable bonds is 6. The van der Waals surface area contributed by atoms with Crippen molar-refractivity contribution in [2.24, 2.45) is 11.7 Å². The number of nitrogens with two attached hydrogens (primary N) is 1. The normalized spacial score (nSPS) is 13.8. The summed E-state index contributed by atoms with van der Waals surface area (Å²) in [5, 5.41) is 2.11. The number of carbonyl (C=O) groups is 1. The zero-order valence-corrected chi connectivity index (χ0v) is 8.35. The first kappa shape index (κ1) is 13.2. The molecule has 0 aromatic heterocycles. The molecule has 0 spiro atoms. The summed E-state index contributed by atoms with van der Waals surface area (Å²) in [7, 11) is 1.44. The second-order valence-corrected chi connectivity index (χ2v) is 3.13. The molecule has 0 radical (unpaired) electrons. The quantitative estimate of drug-likeness (QED) is 0.647. The van der Waals surface area contributed by atoms with E-state index in [9.17, 15) is 13.6 Å². The maximum absolute atomic E-state index is 12.6. The fourth-order valence-corrected chi connectivity index (χ4v) is 0.789. The van der Waals surface area contributed by atoms with Crippen molar-refractivity contribution in [3.8, 4) is 0 Å². The monoisotopic (exact) mass is 210 g/mol. The van der Waals surface area contributed by atoms with E-state index in [4.69, 9.17) is 10.5 Å². The number of carbonyl (C=O) groups excluding carboxylic acids is 1. The second kappa shape index (κ2) is 5.87. The van der Waals surface area contributed by atoms with Crippen LogP contribution in [0, 0.1) is 5.92 Å². The largest absolute Gasteiger partial charge is 0.384 e. The Morgan fingerprint density at radius 1 is 1.64 bits per heavy atom. The Bertz CT molecular complexity index is 188. The number of amides is 1. The van der Waals surface area contributed by atoms with Crippen molar-refractivity contribution in [1.29, 1.82) is 0 Å². The molecule has 0 saturated carbocycles. The molecular formula is C8H16F2N2O2. The highest BCUT2D eigenvalue weighted by molar-refractivity contribution is 5.78. The highest BCUT2D eigenvalue weighted by Crippen LogP contribution is 2.09. The highest BCUT2D eigenvalue weighted by atomic mass is 19.3. The van der Waals surface area contributed by atoms with E-state index in [-0.39, 0.29) is 6.61 Å². The maximum Gasteiger partial charge on any atom is 0.277 e. The molecule has 0 aliphatic carbocycles. The molecule has 1 atom stereocenters. The Labute approximate surface area is 81.8 Å².